The van der Waals surface area contributed by atoms with Crippen molar-refractivity contribution in [3.8, 4) is 0 Å². The van der Waals surface area contributed by atoms with Crippen molar-refractivity contribution in [3.63, 3.8) is 0 Å². The van der Waals surface area contributed by atoms with E-state index < -0.39 is 0 Å². The lowest BCUT2D eigenvalue weighted by Crippen LogP contribution is -2.10. The van der Waals surface area contributed by atoms with Gasteiger partial charge in [0.2, 0.25) is 0 Å². The van der Waals surface area contributed by atoms with Crippen molar-refractivity contribution < 1.29 is 4.74 Å². The summed E-state index contributed by atoms with van der Waals surface area (Å²) < 4.78 is 8.26. The second-order valence-corrected chi connectivity index (χ2v) is 7.71. The first-order chi connectivity index (χ1) is 12.9. The molecule has 142 valence electrons. The van der Waals surface area contributed by atoms with Gasteiger partial charge in [-0.1, -0.05) is 73.5 Å². The monoisotopic (exact) mass is 362 g/mol. The lowest BCUT2D eigenvalue weighted by atomic mass is 10.00. The van der Waals surface area contributed by atoms with Crippen LogP contribution in [0.25, 0.3) is 0 Å². The van der Waals surface area contributed by atoms with Gasteiger partial charge in [-0.3, -0.25) is 0 Å². The number of hydrogen-bond acceptors (Lipinski definition) is 2. The van der Waals surface area contributed by atoms with Crippen molar-refractivity contribution in [1.29, 1.82) is 0 Å². The Morgan fingerprint density at radius 2 is 1.59 bits per heavy atom. The fourth-order valence-corrected chi connectivity index (χ4v) is 3.65. The molecule has 1 aromatic heterocycles. The van der Waals surface area contributed by atoms with Gasteiger partial charge < -0.3 is 9.30 Å². The fourth-order valence-electron chi connectivity index (χ4n) is 3.65. The summed E-state index contributed by atoms with van der Waals surface area (Å²) in [6.45, 7) is 11.9. The van der Waals surface area contributed by atoms with Crippen molar-refractivity contribution in [3.05, 3.63) is 88.0 Å². The average Bonchev–Trinajstić information content (AvgIpc) is 2.91. The van der Waals surface area contributed by atoms with Gasteiger partial charge in [0.1, 0.15) is 12.6 Å². The van der Waals surface area contributed by atoms with Crippen LogP contribution in [0.15, 0.2) is 48.5 Å². The lowest BCUT2D eigenvalue weighted by molar-refractivity contribution is 0.0611. The number of aryl methyl sites for hydroxylation is 3. The molecule has 3 aromatic rings. The van der Waals surface area contributed by atoms with Gasteiger partial charge in [0, 0.05) is 12.1 Å². The summed E-state index contributed by atoms with van der Waals surface area (Å²) in [6.07, 6.45) is 0.881. The molecule has 0 radical (unpaired) electrons. The molecule has 0 saturated carbocycles. The van der Waals surface area contributed by atoms with Gasteiger partial charge in [-0.2, -0.15) is 0 Å². The molecule has 0 fully saturated rings. The van der Waals surface area contributed by atoms with E-state index in [9.17, 15) is 0 Å². The molecule has 0 bridgehead atoms. The second-order valence-electron chi connectivity index (χ2n) is 7.71. The van der Waals surface area contributed by atoms with Gasteiger partial charge in [-0.05, 0) is 37.8 Å². The molecule has 0 aliphatic rings. The summed E-state index contributed by atoms with van der Waals surface area (Å²) >= 11 is 0. The van der Waals surface area contributed by atoms with Crippen LogP contribution in [0.2, 0.25) is 0 Å². The maximum Gasteiger partial charge on any atom is 0.124 e. The number of nitrogens with zero attached hydrogens (tertiary/aromatic N) is 2. The van der Waals surface area contributed by atoms with Crippen LogP contribution in [0, 0.1) is 20.8 Å². The molecule has 27 heavy (non-hydrogen) atoms. The van der Waals surface area contributed by atoms with Gasteiger partial charge in [-0.25, -0.2) is 4.98 Å². The van der Waals surface area contributed by atoms with E-state index in [4.69, 9.17) is 9.72 Å². The number of imidazole rings is 1. The topological polar surface area (TPSA) is 27.1 Å². The first-order valence-electron chi connectivity index (χ1n) is 9.68. The molecule has 0 spiro atoms. The smallest absolute Gasteiger partial charge is 0.124 e. The molecule has 0 aliphatic heterocycles. The zero-order chi connectivity index (χ0) is 19.4. The van der Waals surface area contributed by atoms with E-state index in [2.05, 4.69) is 69.5 Å². The fraction of sp³-hybridized carbons (Fsp3) is 0.375. The van der Waals surface area contributed by atoms with Gasteiger partial charge in [-0.15, -0.1) is 0 Å². The molecule has 0 unspecified atom stereocenters. The number of aromatic nitrogens is 2. The Bertz CT molecular complexity index is 874. The highest BCUT2D eigenvalue weighted by Gasteiger charge is 2.18. The summed E-state index contributed by atoms with van der Waals surface area (Å²) in [5.74, 6) is 1.41. The van der Waals surface area contributed by atoms with Crippen LogP contribution >= 0.6 is 0 Å². The van der Waals surface area contributed by atoms with E-state index in [1.165, 1.54) is 33.6 Å². The molecule has 0 saturated heterocycles. The van der Waals surface area contributed by atoms with Crippen LogP contribution in [-0.4, -0.2) is 9.55 Å². The molecular weight excluding hydrogens is 332 g/mol. The number of benzene rings is 2. The van der Waals surface area contributed by atoms with Gasteiger partial charge >= 0.3 is 0 Å². The van der Waals surface area contributed by atoms with E-state index in [1.807, 2.05) is 18.2 Å². The molecule has 0 atom stereocenters. The SMILES string of the molecule is Cc1cc(C)cc(Cc2c(C(C)C)nc(C)n2COCc2ccccc2)c1. The number of hydrogen-bond donors (Lipinski definition) is 0. The molecule has 0 aliphatic carbocycles. The summed E-state index contributed by atoms with van der Waals surface area (Å²) in [5.41, 5.74) is 7.57. The van der Waals surface area contributed by atoms with E-state index in [1.54, 1.807) is 0 Å². The van der Waals surface area contributed by atoms with E-state index >= 15 is 0 Å². The zero-order valence-electron chi connectivity index (χ0n) is 17.1. The predicted molar refractivity (Wildman–Crippen MR) is 111 cm³/mol. The van der Waals surface area contributed by atoms with Crippen molar-refractivity contribution in [2.45, 2.75) is 60.3 Å². The second kappa shape index (κ2) is 8.53. The molecule has 1 heterocycles. The maximum absolute atomic E-state index is 6.03. The largest absolute Gasteiger partial charge is 0.356 e. The molecule has 0 amide bonds. The van der Waals surface area contributed by atoms with E-state index in [0.29, 0.717) is 19.3 Å². The summed E-state index contributed by atoms with van der Waals surface area (Å²) in [4.78, 5) is 4.86. The van der Waals surface area contributed by atoms with Crippen molar-refractivity contribution in [1.82, 2.24) is 9.55 Å². The highest BCUT2D eigenvalue weighted by Crippen LogP contribution is 2.24. The average molecular weight is 363 g/mol. The first-order valence-corrected chi connectivity index (χ1v) is 9.68. The van der Waals surface area contributed by atoms with Crippen molar-refractivity contribution in [2.24, 2.45) is 0 Å². The van der Waals surface area contributed by atoms with Crippen LogP contribution in [0.1, 0.15) is 59.2 Å². The summed E-state index contributed by atoms with van der Waals surface area (Å²) in [5, 5.41) is 0. The Morgan fingerprint density at radius 3 is 2.22 bits per heavy atom. The van der Waals surface area contributed by atoms with Crippen molar-refractivity contribution >= 4 is 0 Å². The molecule has 2 aromatic carbocycles. The molecule has 3 rings (SSSR count). The highest BCUT2D eigenvalue weighted by molar-refractivity contribution is 5.33. The molecular formula is C24H30N2O. The van der Waals surface area contributed by atoms with Gasteiger partial charge in [0.05, 0.1) is 12.3 Å². The standard InChI is InChI=1S/C24H30N2O/c1-17(2)24-23(14-22-12-18(3)11-19(4)13-22)26(20(5)25-24)16-27-15-21-9-7-6-8-10-21/h6-13,17H,14-16H2,1-5H3. The zero-order valence-corrected chi connectivity index (χ0v) is 17.1. The third kappa shape index (κ3) is 4.86. The first kappa shape index (κ1) is 19.4. The van der Waals surface area contributed by atoms with Crippen LogP contribution < -0.4 is 0 Å². The van der Waals surface area contributed by atoms with Crippen LogP contribution in [0.4, 0.5) is 0 Å². The summed E-state index contributed by atoms with van der Waals surface area (Å²) in [6, 6.07) is 17.1. The van der Waals surface area contributed by atoms with Gasteiger partial charge in [0.15, 0.2) is 0 Å². The van der Waals surface area contributed by atoms with Crippen molar-refractivity contribution in [2.75, 3.05) is 0 Å². The minimum Gasteiger partial charge on any atom is -0.356 e. The quantitative estimate of drug-likeness (QED) is 0.539. The summed E-state index contributed by atoms with van der Waals surface area (Å²) in [7, 11) is 0. The number of ether oxygens (including phenoxy) is 1. The Kier molecular flexibility index (Phi) is 6.12. The Labute approximate surface area is 163 Å². The predicted octanol–water partition coefficient (Wildman–Crippen LogP) is 5.70. The normalized spacial score (nSPS) is 11.3. The maximum atomic E-state index is 6.03. The number of rotatable bonds is 7. The molecule has 3 nitrogen and oxygen atoms in total. The van der Waals surface area contributed by atoms with Crippen LogP contribution in [0.3, 0.4) is 0 Å². The van der Waals surface area contributed by atoms with Gasteiger partial charge in [0.25, 0.3) is 0 Å². The third-order valence-corrected chi connectivity index (χ3v) is 4.83. The third-order valence-electron chi connectivity index (χ3n) is 4.83. The molecule has 0 N–H and O–H groups in total. The Balaban J connectivity index is 1.84. The highest BCUT2D eigenvalue weighted by atomic mass is 16.5. The van der Waals surface area contributed by atoms with Crippen LogP contribution in [-0.2, 0) is 24.5 Å². The Hall–Kier alpha value is -2.39. The minimum atomic E-state index is 0.389. The minimum absolute atomic E-state index is 0.389. The van der Waals surface area contributed by atoms with E-state index in [0.717, 1.165) is 12.2 Å². The van der Waals surface area contributed by atoms with Crippen LogP contribution in [0.5, 0.6) is 0 Å². The Morgan fingerprint density at radius 1 is 0.926 bits per heavy atom. The lowest BCUT2D eigenvalue weighted by Gasteiger charge is -2.14. The molecule has 3 heteroatoms. The van der Waals surface area contributed by atoms with E-state index in [-0.39, 0.29) is 0 Å².